The Kier molecular flexibility index (Phi) is 5.90. The average molecular weight is 504 g/mol. The van der Waals surface area contributed by atoms with Crippen molar-refractivity contribution >= 4 is 40.3 Å². The van der Waals surface area contributed by atoms with E-state index in [0.29, 0.717) is 29.7 Å². The van der Waals surface area contributed by atoms with E-state index in [0.717, 1.165) is 18.7 Å². The molecule has 2 bridgehead atoms. The number of fused-ring (bicyclic) bond motifs is 5. The Bertz CT molecular complexity index is 1330. The van der Waals surface area contributed by atoms with Gasteiger partial charge in [0.2, 0.25) is 0 Å². The van der Waals surface area contributed by atoms with Crippen LogP contribution in [-0.2, 0) is 0 Å². The molecule has 4 N–H and O–H groups in total. The first-order chi connectivity index (χ1) is 17.2. The van der Waals surface area contributed by atoms with E-state index < -0.39 is 30.8 Å². The number of carbonyl (C=O) groups excluding carboxylic acids is 2. The lowest BCUT2D eigenvalue weighted by atomic mass is 9.99. The fourth-order valence-corrected chi connectivity index (χ4v) is 4.53. The van der Waals surface area contributed by atoms with Gasteiger partial charge in [-0.3, -0.25) is 20.1 Å². The van der Waals surface area contributed by atoms with Crippen molar-refractivity contribution in [3.63, 3.8) is 0 Å². The summed E-state index contributed by atoms with van der Waals surface area (Å²) < 4.78 is 39.1. The lowest BCUT2D eigenvalue weighted by Gasteiger charge is -2.45. The molecule has 3 aromatic rings. The van der Waals surface area contributed by atoms with E-state index >= 15 is 0 Å². The van der Waals surface area contributed by atoms with Crippen LogP contribution < -0.4 is 20.4 Å². The SMILES string of the molecule is Cc1ccc2c(NC(=O)N3c4nc(C(=O)NC(CO)C(F)(F)F)ccc4N4CCC[C@H]3C4)n[nH]c2n1. The number of H-pyrrole nitrogens is 1. The summed E-state index contributed by atoms with van der Waals surface area (Å²) in [5, 5.41) is 21.1. The van der Waals surface area contributed by atoms with Crippen molar-refractivity contribution in [1.82, 2.24) is 25.5 Å². The molecular formula is C22H23F3N8O3. The van der Waals surface area contributed by atoms with Crippen molar-refractivity contribution in [2.75, 3.05) is 34.8 Å². The first kappa shape index (κ1) is 23.8. The highest BCUT2D eigenvalue weighted by Crippen LogP contribution is 2.38. The second-order valence-electron chi connectivity index (χ2n) is 8.75. The van der Waals surface area contributed by atoms with Gasteiger partial charge in [0.25, 0.3) is 5.91 Å². The standard InChI is InChI=1S/C22H23F3N8O3/c1-11-4-5-13-17(26-11)30-31-18(13)29-21(36)33-12-3-2-8-32(9-12)15-7-6-14(27-19(15)33)20(35)28-16(10-34)22(23,24)25/h4-7,12,16,34H,2-3,8-10H2,1H3,(H,28,35)(H2,26,29,30,31,36)/t12-,16?/m0/s1. The van der Waals surface area contributed by atoms with Crippen LogP contribution in [0.3, 0.4) is 0 Å². The summed E-state index contributed by atoms with van der Waals surface area (Å²) >= 11 is 0. The number of alkyl halides is 3. The van der Waals surface area contributed by atoms with Gasteiger partial charge in [0.05, 0.1) is 23.7 Å². The molecule has 1 saturated heterocycles. The molecule has 5 rings (SSSR count). The molecule has 0 spiro atoms. The first-order valence-corrected chi connectivity index (χ1v) is 11.3. The molecule has 0 aromatic carbocycles. The van der Waals surface area contributed by atoms with Crippen LogP contribution in [0.1, 0.15) is 29.0 Å². The lowest BCUT2D eigenvalue weighted by Crippen LogP contribution is -2.56. The summed E-state index contributed by atoms with van der Waals surface area (Å²) in [4.78, 5) is 38.1. The van der Waals surface area contributed by atoms with Crippen LogP contribution in [0.15, 0.2) is 24.3 Å². The normalized spacial score (nSPS) is 18.1. The molecule has 1 unspecified atom stereocenters. The number of aliphatic hydroxyl groups excluding tert-OH is 1. The minimum Gasteiger partial charge on any atom is -0.394 e. The number of amides is 3. The number of pyridine rings is 2. The largest absolute Gasteiger partial charge is 0.410 e. The molecular weight excluding hydrogens is 481 g/mol. The van der Waals surface area contributed by atoms with Crippen LogP contribution in [-0.4, -0.2) is 75.2 Å². The summed E-state index contributed by atoms with van der Waals surface area (Å²) in [6.45, 7) is 1.80. The Morgan fingerprint density at radius 1 is 1.25 bits per heavy atom. The summed E-state index contributed by atoms with van der Waals surface area (Å²) in [7, 11) is 0. The highest BCUT2D eigenvalue weighted by molar-refractivity contribution is 6.07. The summed E-state index contributed by atoms with van der Waals surface area (Å²) in [5.74, 6) is -0.676. The van der Waals surface area contributed by atoms with Crippen molar-refractivity contribution in [2.24, 2.45) is 0 Å². The van der Waals surface area contributed by atoms with Crippen LogP contribution in [0.5, 0.6) is 0 Å². The Morgan fingerprint density at radius 2 is 2.06 bits per heavy atom. The molecule has 2 atom stereocenters. The van der Waals surface area contributed by atoms with Gasteiger partial charge in [-0.25, -0.2) is 14.8 Å². The number of aliphatic hydroxyl groups is 1. The maximum Gasteiger partial charge on any atom is 0.410 e. The number of piperidine rings is 1. The molecule has 5 heterocycles. The van der Waals surface area contributed by atoms with E-state index in [4.69, 9.17) is 5.11 Å². The van der Waals surface area contributed by atoms with Crippen LogP contribution in [0.4, 0.5) is 35.3 Å². The molecule has 190 valence electrons. The summed E-state index contributed by atoms with van der Waals surface area (Å²) in [6, 6.07) is 3.21. The number of aromatic amines is 1. The van der Waals surface area contributed by atoms with Gasteiger partial charge in [0, 0.05) is 18.8 Å². The zero-order valence-corrected chi connectivity index (χ0v) is 19.1. The Labute approximate surface area is 202 Å². The number of rotatable bonds is 4. The number of nitrogens with zero attached hydrogens (tertiary/aromatic N) is 5. The molecule has 14 heteroatoms. The van der Waals surface area contributed by atoms with E-state index in [9.17, 15) is 22.8 Å². The molecule has 2 aliphatic heterocycles. The fraction of sp³-hybridized carbons (Fsp3) is 0.409. The van der Waals surface area contributed by atoms with Crippen LogP contribution in [0.25, 0.3) is 11.0 Å². The van der Waals surface area contributed by atoms with E-state index in [1.165, 1.54) is 11.0 Å². The van der Waals surface area contributed by atoms with E-state index in [2.05, 4.69) is 25.5 Å². The van der Waals surface area contributed by atoms with Crippen LogP contribution >= 0.6 is 0 Å². The van der Waals surface area contributed by atoms with Crippen LogP contribution in [0.2, 0.25) is 0 Å². The number of aromatic nitrogens is 4. The smallest absolute Gasteiger partial charge is 0.394 e. The first-order valence-electron chi connectivity index (χ1n) is 11.3. The van der Waals surface area contributed by atoms with Crippen molar-refractivity contribution in [1.29, 1.82) is 0 Å². The molecule has 0 aliphatic carbocycles. The number of anilines is 3. The van der Waals surface area contributed by atoms with E-state index in [1.54, 1.807) is 23.5 Å². The zero-order chi connectivity index (χ0) is 25.6. The molecule has 2 aliphatic rings. The van der Waals surface area contributed by atoms with Gasteiger partial charge >= 0.3 is 12.2 Å². The Balaban J connectivity index is 1.47. The quantitative estimate of drug-likeness (QED) is 0.428. The third-order valence-electron chi connectivity index (χ3n) is 6.31. The van der Waals surface area contributed by atoms with Gasteiger partial charge in [-0.15, -0.1) is 0 Å². The highest BCUT2D eigenvalue weighted by atomic mass is 19.4. The maximum atomic E-state index is 13.5. The summed E-state index contributed by atoms with van der Waals surface area (Å²) in [6.07, 6.45) is -3.31. The number of urea groups is 1. The van der Waals surface area contributed by atoms with Crippen LogP contribution in [0, 0.1) is 6.92 Å². The molecule has 36 heavy (non-hydrogen) atoms. The fourth-order valence-electron chi connectivity index (χ4n) is 4.53. The molecule has 1 fully saturated rings. The number of hydrogen-bond acceptors (Lipinski definition) is 7. The van der Waals surface area contributed by atoms with Gasteiger partial charge in [-0.05, 0) is 44.0 Å². The van der Waals surface area contributed by atoms with Crippen molar-refractivity contribution in [3.05, 3.63) is 35.7 Å². The zero-order valence-electron chi connectivity index (χ0n) is 19.1. The lowest BCUT2D eigenvalue weighted by molar-refractivity contribution is -0.161. The van der Waals surface area contributed by atoms with Gasteiger partial charge in [-0.1, -0.05) is 0 Å². The Hall–Kier alpha value is -3.94. The number of halogens is 3. The molecule has 11 nitrogen and oxygen atoms in total. The van der Waals surface area contributed by atoms with E-state index in [-0.39, 0.29) is 23.4 Å². The number of nitrogens with one attached hydrogen (secondary N) is 3. The molecule has 0 saturated carbocycles. The average Bonchev–Trinajstić information content (AvgIpc) is 3.23. The third-order valence-corrected chi connectivity index (χ3v) is 6.31. The monoisotopic (exact) mass is 504 g/mol. The maximum absolute atomic E-state index is 13.5. The second kappa shape index (κ2) is 8.93. The number of carbonyl (C=O) groups is 2. The second-order valence-corrected chi connectivity index (χ2v) is 8.75. The van der Waals surface area contributed by atoms with Gasteiger partial charge in [0.15, 0.2) is 17.3 Å². The number of hydrogen-bond donors (Lipinski definition) is 4. The van der Waals surface area contributed by atoms with E-state index in [1.807, 2.05) is 11.8 Å². The molecule has 3 aromatic heterocycles. The van der Waals surface area contributed by atoms with Crippen molar-refractivity contribution < 1.29 is 27.9 Å². The Morgan fingerprint density at radius 3 is 2.81 bits per heavy atom. The summed E-state index contributed by atoms with van der Waals surface area (Å²) in [5.41, 5.74) is 1.57. The predicted molar refractivity (Wildman–Crippen MR) is 124 cm³/mol. The third kappa shape index (κ3) is 4.27. The van der Waals surface area contributed by atoms with Gasteiger partial charge in [0.1, 0.15) is 11.7 Å². The van der Waals surface area contributed by atoms with Gasteiger partial charge < -0.3 is 15.3 Å². The topological polar surface area (TPSA) is 139 Å². The minimum absolute atomic E-state index is 0.164. The number of aryl methyl sites for hydroxylation is 1. The van der Waals surface area contributed by atoms with Crippen molar-refractivity contribution in [2.45, 2.75) is 38.0 Å². The van der Waals surface area contributed by atoms with Crippen molar-refractivity contribution in [3.8, 4) is 0 Å². The minimum atomic E-state index is -4.83. The molecule has 3 amide bonds. The highest BCUT2D eigenvalue weighted by Gasteiger charge is 2.42. The predicted octanol–water partition coefficient (Wildman–Crippen LogP) is 2.34. The molecule has 0 radical (unpaired) electrons. The van der Waals surface area contributed by atoms with Gasteiger partial charge in [-0.2, -0.15) is 18.3 Å².